The molecule has 3 rings (SSSR count). The fraction of sp³-hybridized carbons (Fsp3) is 0.0833. The number of fused-ring (bicyclic) bond motifs is 1. The van der Waals surface area contributed by atoms with Crippen molar-refractivity contribution in [2.75, 3.05) is 0 Å². The van der Waals surface area contributed by atoms with Gasteiger partial charge in [-0.3, -0.25) is 0 Å². The Labute approximate surface area is 120 Å². The van der Waals surface area contributed by atoms with Gasteiger partial charge in [-0.25, -0.2) is 4.39 Å². The molecule has 0 aliphatic heterocycles. The van der Waals surface area contributed by atoms with E-state index in [0.717, 1.165) is 15.5 Å². The highest BCUT2D eigenvalue weighted by Crippen LogP contribution is 2.25. The first kappa shape index (κ1) is 12.1. The van der Waals surface area contributed by atoms with Crippen molar-refractivity contribution in [2.24, 2.45) is 0 Å². The Kier molecular flexibility index (Phi) is 3.09. The number of thiophene rings is 1. The van der Waals surface area contributed by atoms with Gasteiger partial charge >= 0.3 is 0 Å². The van der Waals surface area contributed by atoms with Crippen LogP contribution in [0.4, 0.5) is 4.39 Å². The molecule has 1 aromatic carbocycles. The highest BCUT2D eigenvalue weighted by atomic mass is 79.9. The number of nitrogens with one attached hydrogen (secondary N) is 1. The molecule has 0 unspecified atom stereocenters. The van der Waals surface area contributed by atoms with E-state index in [4.69, 9.17) is 12.2 Å². The molecule has 6 heteroatoms. The van der Waals surface area contributed by atoms with E-state index in [0.29, 0.717) is 11.3 Å². The van der Waals surface area contributed by atoms with Crippen molar-refractivity contribution in [1.29, 1.82) is 0 Å². The molecule has 3 aromatic rings. The third-order valence-electron chi connectivity index (χ3n) is 2.73. The van der Waals surface area contributed by atoms with Crippen LogP contribution < -0.4 is 0 Å². The summed E-state index contributed by atoms with van der Waals surface area (Å²) in [5, 5.41) is 2.03. The topological polar surface area (TPSA) is 20.7 Å². The minimum atomic E-state index is -0.261. The molecule has 2 nitrogen and oxygen atoms in total. The predicted molar refractivity (Wildman–Crippen MR) is 78.2 cm³/mol. The Balaban J connectivity index is 2.15. The van der Waals surface area contributed by atoms with Crippen molar-refractivity contribution in [3.8, 4) is 0 Å². The average molecular weight is 343 g/mol. The lowest BCUT2D eigenvalue weighted by Crippen LogP contribution is -1.98. The van der Waals surface area contributed by atoms with Crippen molar-refractivity contribution < 1.29 is 4.39 Å². The first-order valence-electron chi connectivity index (χ1n) is 5.25. The second-order valence-electron chi connectivity index (χ2n) is 3.87. The average Bonchev–Trinajstić information content (AvgIpc) is 2.85. The van der Waals surface area contributed by atoms with Crippen LogP contribution in [0.15, 0.2) is 34.1 Å². The minimum absolute atomic E-state index is 0.261. The van der Waals surface area contributed by atoms with Crippen molar-refractivity contribution in [2.45, 2.75) is 6.54 Å². The Hall–Kier alpha value is -0.980. The third-order valence-corrected chi connectivity index (χ3v) is 4.96. The zero-order valence-electron chi connectivity index (χ0n) is 9.11. The molecule has 0 bridgehead atoms. The molecule has 18 heavy (non-hydrogen) atoms. The summed E-state index contributed by atoms with van der Waals surface area (Å²) in [7, 11) is 0. The van der Waals surface area contributed by atoms with Gasteiger partial charge in [0.05, 0.1) is 17.6 Å². The van der Waals surface area contributed by atoms with E-state index in [9.17, 15) is 4.39 Å². The largest absolute Gasteiger partial charge is 0.330 e. The molecule has 0 aliphatic carbocycles. The molecule has 2 aromatic heterocycles. The van der Waals surface area contributed by atoms with Crippen LogP contribution in [-0.2, 0) is 6.54 Å². The van der Waals surface area contributed by atoms with Crippen LogP contribution in [0.25, 0.3) is 11.0 Å². The van der Waals surface area contributed by atoms with E-state index < -0.39 is 0 Å². The smallest absolute Gasteiger partial charge is 0.178 e. The van der Waals surface area contributed by atoms with Crippen LogP contribution in [0.1, 0.15) is 4.88 Å². The third kappa shape index (κ3) is 2.04. The molecule has 2 heterocycles. The first-order valence-corrected chi connectivity index (χ1v) is 7.33. The maximum atomic E-state index is 13.2. The molecule has 0 fully saturated rings. The highest BCUT2D eigenvalue weighted by Gasteiger charge is 2.08. The molecule has 0 saturated heterocycles. The molecular weight excluding hydrogens is 335 g/mol. The lowest BCUT2D eigenvalue weighted by Gasteiger charge is -2.03. The van der Waals surface area contributed by atoms with E-state index in [-0.39, 0.29) is 5.82 Å². The summed E-state index contributed by atoms with van der Waals surface area (Å²) in [6.07, 6.45) is 0. The first-order chi connectivity index (χ1) is 8.65. The standard InChI is InChI=1S/C12H8BrFN2S2/c13-8-3-4-18-11(8)6-16-10-2-1-7(14)5-9(10)15-12(16)17/h1-5H,6H2,(H,15,17). The Morgan fingerprint density at radius 2 is 2.22 bits per heavy atom. The van der Waals surface area contributed by atoms with Gasteiger partial charge in [-0.05, 0) is 57.8 Å². The van der Waals surface area contributed by atoms with E-state index in [1.165, 1.54) is 17.0 Å². The van der Waals surface area contributed by atoms with Gasteiger partial charge in [0.15, 0.2) is 4.77 Å². The summed E-state index contributed by atoms with van der Waals surface area (Å²) < 4.78 is 16.8. The predicted octanol–water partition coefficient (Wildman–Crippen LogP) is 4.71. The number of rotatable bonds is 2. The van der Waals surface area contributed by atoms with Crippen LogP contribution >= 0.6 is 39.5 Å². The fourth-order valence-electron chi connectivity index (χ4n) is 1.87. The van der Waals surface area contributed by atoms with Gasteiger partial charge in [-0.1, -0.05) is 0 Å². The number of hydrogen-bond donors (Lipinski definition) is 1. The zero-order chi connectivity index (χ0) is 12.7. The summed E-state index contributed by atoms with van der Waals surface area (Å²) in [5.41, 5.74) is 1.65. The number of benzene rings is 1. The summed E-state index contributed by atoms with van der Waals surface area (Å²) in [6, 6.07) is 6.67. The maximum Gasteiger partial charge on any atom is 0.178 e. The van der Waals surface area contributed by atoms with Gasteiger partial charge in [0, 0.05) is 9.35 Å². The molecule has 92 valence electrons. The number of H-pyrrole nitrogens is 1. The number of hydrogen-bond acceptors (Lipinski definition) is 2. The van der Waals surface area contributed by atoms with Crippen LogP contribution in [-0.4, -0.2) is 9.55 Å². The molecular formula is C12H8BrFN2S2. The maximum absolute atomic E-state index is 13.2. The van der Waals surface area contributed by atoms with Crippen LogP contribution in [0, 0.1) is 10.6 Å². The van der Waals surface area contributed by atoms with Crippen LogP contribution in [0.3, 0.4) is 0 Å². The molecule has 0 saturated carbocycles. The second-order valence-corrected chi connectivity index (χ2v) is 6.11. The van der Waals surface area contributed by atoms with Gasteiger partial charge in [-0.2, -0.15) is 0 Å². The summed E-state index contributed by atoms with van der Waals surface area (Å²) in [4.78, 5) is 4.22. The number of aromatic nitrogens is 2. The van der Waals surface area contributed by atoms with Crippen molar-refractivity contribution in [3.05, 3.63) is 49.6 Å². The second kappa shape index (κ2) is 4.60. The van der Waals surface area contributed by atoms with E-state index in [1.54, 1.807) is 17.4 Å². The van der Waals surface area contributed by atoms with Gasteiger partial charge in [0.1, 0.15) is 5.82 Å². The van der Waals surface area contributed by atoms with Crippen molar-refractivity contribution in [3.63, 3.8) is 0 Å². The van der Waals surface area contributed by atoms with Gasteiger partial charge in [-0.15, -0.1) is 11.3 Å². The summed E-state index contributed by atoms with van der Waals surface area (Å²) in [6.45, 7) is 0.683. The lowest BCUT2D eigenvalue weighted by molar-refractivity contribution is 0.629. The number of nitrogens with zero attached hydrogens (tertiary/aromatic N) is 1. The lowest BCUT2D eigenvalue weighted by atomic mass is 10.3. The monoisotopic (exact) mass is 342 g/mol. The van der Waals surface area contributed by atoms with Gasteiger partial charge in [0.25, 0.3) is 0 Å². The van der Waals surface area contributed by atoms with Crippen molar-refractivity contribution in [1.82, 2.24) is 9.55 Å². The molecule has 0 aliphatic rings. The SMILES string of the molecule is Fc1ccc2c(c1)[nH]c(=S)n2Cc1sccc1Br. The molecule has 0 spiro atoms. The molecule has 0 atom stereocenters. The van der Waals surface area contributed by atoms with E-state index in [1.807, 2.05) is 16.0 Å². The van der Waals surface area contributed by atoms with Gasteiger partial charge < -0.3 is 9.55 Å². The minimum Gasteiger partial charge on any atom is -0.330 e. The number of aromatic amines is 1. The fourth-order valence-corrected chi connectivity index (χ4v) is 3.61. The highest BCUT2D eigenvalue weighted by molar-refractivity contribution is 9.10. The summed E-state index contributed by atoms with van der Waals surface area (Å²) in [5.74, 6) is -0.261. The Morgan fingerprint density at radius 3 is 2.94 bits per heavy atom. The summed E-state index contributed by atoms with van der Waals surface area (Å²) >= 11 is 10.5. The van der Waals surface area contributed by atoms with Crippen LogP contribution in [0.5, 0.6) is 0 Å². The van der Waals surface area contributed by atoms with E-state index in [2.05, 4.69) is 20.9 Å². The zero-order valence-corrected chi connectivity index (χ0v) is 12.3. The van der Waals surface area contributed by atoms with Gasteiger partial charge in [0.2, 0.25) is 0 Å². The number of imidazole rings is 1. The quantitative estimate of drug-likeness (QED) is 0.669. The number of halogens is 2. The Morgan fingerprint density at radius 1 is 1.39 bits per heavy atom. The molecule has 0 radical (unpaired) electrons. The molecule has 1 N–H and O–H groups in total. The van der Waals surface area contributed by atoms with E-state index >= 15 is 0 Å². The Bertz CT molecular complexity index is 772. The molecule has 0 amide bonds. The van der Waals surface area contributed by atoms with Crippen LogP contribution in [0.2, 0.25) is 0 Å². The van der Waals surface area contributed by atoms with Crippen molar-refractivity contribution >= 4 is 50.5 Å². The normalized spacial score (nSPS) is 11.2.